The van der Waals surface area contributed by atoms with Crippen LogP contribution in [0.3, 0.4) is 0 Å². The molecule has 0 N–H and O–H groups in total. The highest BCUT2D eigenvalue weighted by molar-refractivity contribution is 6.31. The highest BCUT2D eigenvalue weighted by Gasteiger charge is 2.14. The maximum absolute atomic E-state index is 13.1. The Morgan fingerprint density at radius 3 is 2.17 bits per heavy atom. The van der Waals surface area contributed by atoms with Gasteiger partial charge in [0.1, 0.15) is 0 Å². The zero-order valence-electron chi connectivity index (χ0n) is 9.55. The Bertz CT molecular complexity index is 531. The summed E-state index contributed by atoms with van der Waals surface area (Å²) in [4.78, 5) is 0. The first-order valence-electron chi connectivity index (χ1n) is 5.34. The molecular weight excluding hydrogens is 277 g/mol. The highest BCUT2D eigenvalue weighted by atomic mass is 35.5. The quantitative estimate of drug-likeness (QED) is 0.661. The Morgan fingerprint density at radius 1 is 0.944 bits per heavy atom. The van der Waals surface area contributed by atoms with E-state index >= 15 is 0 Å². The molecule has 0 saturated carbocycles. The molecule has 0 amide bonds. The first-order chi connectivity index (χ1) is 8.49. The second-order valence-electron chi connectivity index (χ2n) is 4.04. The molecule has 2 aromatic rings. The van der Waals surface area contributed by atoms with Crippen molar-refractivity contribution in [1.82, 2.24) is 0 Å². The van der Waals surface area contributed by atoms with E-state index in [0.29, 0.717) is 10.6 Å². The van der Waals surface area contributed by atoms with Gasteiger partial charge in [-0.25, -0.2) is 8.78 Å². The molecule has 0 aromatic heterocycles. The largest absolute Gasteiger partial charge is 0.204 e. The van der Waals surface area contributed by atoms with Crippen molar-refractivity contribution in [2.45, 2.75) is 12.3 Å². The minimum absolute atomic E-state index is 0.511. The average molecular weight is 287 g/mol. The van der Waals surface area contributed by atoms with Crippen LogP contribution in [0.15, 0.2) is 36.4 Å². The first kappa shape index (κ1) is 13.3. The maximum Gasteiger partial charge on any atom is 0.159 e. The van der Waals surface area contributed by atoms with E-state index in [1.54, 1.807) is 12.1 Å². The van der Waals surface area contributed by atoms with Crippen molar-refractivity contribution in [2.24, 2.45) is 0 Å². The third-order valence-electron chi connectivity index (χ3n) is 2.71. The summed E-state index contributed by atoms with van der Waals surface area (Å²) in [6, 6.07) is 9.00. The SMILES string of the molecule is Cc1cc(C(Cl)c2ccc(F)c(F)c2)ccc1Cl. The lowest BCUT2D eigenvalue weighted by Gasteiger charge is -2.12. The van der Waals surface area contributed by atoms with Gasteiger partial charge in [-0.1, -0.05) is 29.8 Å². The summed E-state index contributed by atoms with van der Waals surface area (Å²) in [6.45, 7) is 1.86. The fraction of sp³-hybridized carbons (Fsp3) is 0.143. The van der Waals surface area contributed by atoms with E-state index < -0.39 is 17.0 Å². The van der Waals surface area contributed by atoms with E-state index in [0.717, 1.165) is 23.3 Å². The Balaban J connectivity index is 2.37. The molecule has 0 fully saturated rings. The predicted octanol–water partition coefficient (Wildman–Crippen LogP) is 5.25. The van der Waals surface area contributed by atoms with Crippen molar-refractivity contribution in [3.8, 4) is 0 Å². The van der Waals surface area contributed by atoms with Crippen molar-refractivity contribution in [3.05, 3.63) is 69.7 Å². The minimum atomic E-state index is -0.899. The fourth-order valence-electron chi connectivity index (χ4n) is 1.69. The van der Waals surface area contributed by atoms with Gasteiger partial charge in [0.05, 0.1) is 5.38 Å². The first-order valence-corrected chi connectivity index (χ1v) is 6.15. The fourth-order valence-corrected chi connectivity index (χ4v) is 2.08. The average Bonchev–Trinajstić information content (AvgIpc) is 2.35. The summed E-state index contributed by atoms with van der Waals surface area (Å²) in [5.74, 6) is -1.78. The van der Waals surface area contributed by atoms with Gasteiger partial charge in [-0.2, -0.15) is 0 Å². The third-order valence-corrected chi connectivity index (χ3v) is 3.64. The number of benzene rings is 2. The van der Waals surface area contributed by atoms with Crippen molar-refractivity contribution in [3.63, 3.8) is 0 Å². The Kier molecular flexibility index (Phi) is 3.88. The lowest BCUT2D eigenvalue weighted by molar-refractivity contribution is 0.507. The zero-order chi connectivity index (χ0) is 13.3. The molecule has 0 heterocycles. The maximum atomic E-state index is 13.1. The summed E-state index contributed by atoms with van der Waals surface area (Å²) in [6.07, 6.45) is 0. The van der Waals surface area contributed by atoms with Gasteiger partial charge in [0.25, 0.3) is 0 Å². The summed E-state index contributed by atoms with van der Waals surface area (Å²) in [5, 5.41) is 0.115. The second-order valence-corrected chi connectivity index (χ2v) is 4.89. The van der Waals surface area contributed by atoms with Gasteiger partial charge in [-0.15, -0.1) is 11.6 Å². The molecule has 2 aromatic carbocycles. The molecule has 0 spiro atoms. The van der Waals surface area contributed by atoms with Crippen LogP contribution in [0.4, 0.5) is 8.78 Å². The van der Waals surface area contributed by atoms with E-state index in [4.69, 9.17) is 23.2 Å². The molecule has 0 aliphatic rings. The van der Waals surface area contributed by atoms with Gasteiger partial charge in [0.2, 0.25) is 0 Å². The van der Waals surface area contributed by atoms with Crippen LogP contribution >= 0.6 is 23.2 Å². The van der Waals surface area contributed by atoms with Crippen LogP contribution < -0.4 is 0 Å². The summed E-state index contributed by atoms with van der Waals surface area (Å²) in [7, 11) is 0. The van der Waals surface area contributed by atoms with E-state index in [2.05, 4.69) is 0 Å². The number of rotatable bonds is 2. The van der Waals surface area contributed by atoms with Crippen LogP contribution in [0.1, 0.15) is 22.1 Å². The van der Waals surface area contributed by atoms with Crippen LogP contribution in [0.25, 0.3) is 0 Å². The lowest BCUT2D eigenvalue weighted by atomic mass is 10.0. The van der Waals surface area contributed by atoms with Crippen LogP contribution in [-0.4, -0.2) is 0 Å². The van der Waals surface area contributed by atoms with Crippen LogP contribution in [-0.2, 0) is 0 Å². The lowest BCUT2D eigenvalue weighted by Crippen LogP contribution is -1.96. The highest BCUT2D eigenvalue weighted by Crippen LogP contribution is 2.31. The molecule has 1 atom stereocenters. The molecule has 4 heteroatoms. The summed E-state index contributed by atoms with van der Waals surface area (Å²) >= 11 is 12.2. The molecule has 0 aliphatic heterocycles. The molecule has 0 bridgehead atoms. The predicted molar refractivity (Wildman–Crippen MR) is 70.2 cm³/mol. The normalized spacial score (nSPS) is 12.5. The number of hydrogen-bond donors (Lipinski definition) is 0. The van der Waals surface area contributed by atoms with Gasteiger partial charge < -0.3 is 0 Å². The topological polar surface area (TPSA) is 0 Å². The molecule has 0 radical (unpaired) electrons. The minimum Gasteiger partial charge on any atom is -0.204 e. The monoisotopic (exact) mass is 286 g/mol. The molecule has 2 rings (SSSR count). The van der Waals surface area contributed by atoms with E-state index in [9.17, 15) is 8.78 Å². The third kappa shape index (κ3) is 2.65. The number of halogens is 4. The Hall–Kier alpha value is -1.12. The van der Waals surface area contributed by atoms with Crippen LogP contribution in [0.5, 0.6) is 0 Å². The zero-order valence-corrected chi connectivity index (χ0v) is 11.1. The van der Waals surface area contributed by atoms with Gasteiger partial charge in [0, 0.05) is 5.02 Å². The smallest absolute Gasteiger partial charge is 0.159 e. The van der Waals surface area contributed by atoms with E-state index in [1.807, 2.05) is 13.0 Å². The molecule has 0 aliphatic carbocycles. The van der Waals surface area contributed by atoms with Crippen LogP contribution in [0.2, 0.25) is 5.02 Å². The second kappa shape index (κ2) is 5.25. The molecule has 0 saturated heterocycles. The molecule has 1 unspecified atom stereocenters. The van der Waals surface area contributed by atoms with E-state index in [1.165, 1.54) is 6.07 Å². The summed E-state index contributed by atoms with van der Waals surface area (Å²) in [5.41, 5.74) is 2.20. The van der Waals surface area contributed by atoms with Gasteiger partial charge in [0.15, 0.2) is 11.6 Å². The number of alkyl halides is 1. The standard InChI is InChI=1S/C14H10Cl2F2/c1-8-6-9(2-4-11(8)15)14(16)10-3-5-12(17)13(18)7-10/h2-7,14H,1H3. The van der Waals surface area contributed by atoms with Crippen molar-refractivity contribution in [2.75, 3.05) is 0 Å². The molecule has 94 valence electrons. The van der Waals surface area contributed by atoms with Gasteiger partial charge in [-0.3, -0.25) is 0 Å². The molecular formula is C14H10Cl2F2. The molecule has 18 heavy (non-hydrogen) atoms. The van der Waals surface area contributed by atoms with Crippen LogP contribution in [0, 0.1) is 18.6 Å². The molecule has 0 nitrogen and oxygen atoms in total. The van der Waals surface area contributed by atoms with Gasteiger partial charge >= 0.3 is 0 Å². The van der Waals surface area contributed by atoms with Gasteiger partial charge in [-0.05, 0) is 41.8 Å². The van der Waals surface area contributed by atoms with Crippen molar-refractivity contribution < 1.29 is 8.78 Å². The van der Waals surface area contributed by atoms with Crippen molar-refractivity contribution in [1.29, 1.82) is 0 Å². The summed E-state index contributed by atoms with van der Waals surface area (Å²) < 4.78 is 26.0. The Labute approximate surface area is 114 Å². The Morgan fingerprint density at radius 2 is 1.56 bits per heavy atom. The number of aryl methyl sites for hydroxylation is 1. The van der Waals surface area contributed by atoms with E-state index in [-0.39, 0.29) is 0 Å². The number of hydrogen-bond acceptors (Lipinski definition) is 0. The van der Waals surface area contributed by atoms with Crippen molar-refractivity contribution >= 4 is 23.2 Å².